The zero-order chi connectivity index (χ0) is 13.9. The van der Waals surface area contributed by atoms with E-state index >= 15 is 0 Å². The summed E-state index contributed by atoms with van der Waals surface area (Å²) in [5, 5.41) is 19.2. The van der Waals surface area contributed by atoms with Crippen LogP contribution in [0.1, 0.15) is 43.6 Å². The second kappa shape index (κ2) is 5.58. The van der Waals surface area contributed by atoms with Crippen molar-refractivity contribution in [3.63, 3.8) is 0 Å². The van der Waals surface area contributed by atoms with E-state index in [0.29, 0.717) is 11.7 Å². The molecule has 104 valence electrons. The van der Waals surface area contributed by atoms with Gasteiger partial charge >= 0.3 is 0 Å². The fourth-order valence-electron chi connectivity index (χ4n) is 3.21. The van der Waals surface area contributed by atoms with E-state index in [1.165, 1.54) is 43.2 Å². The molecule has 1 saturated carbocycles. The molecule has 0 saturated heterocycles. The summed E-state index contributed by atoms with van der Waals surface area (Å²) in [6, 6.07) is 13.0. The van der Waals surface area contributed by atoms with Gasteiger partial charge < -0.3 is 10.2 Å². The van der Waals surface area contributed by atoms with Crippen LogP contribution in [0.5, 0.6) is 11.5 Å². The quantitative estimate of drug-likeness (QED) is 0.820. The summed E-state index contributed by atoms with van der Waals surface area (Å²) in [6.45, 7) is 0. The van der Waals surface area contributed by atoms with Gasteiger partial charge in [-0.15, -0.1) is 0 Å². The third-order valence-electron chi connectivity index (χ3n) is 4.26. The standard InChI is InChI=1S/C18H20O2/c19-15-8-6-14(7-9-15)17-11-10-16(20)12-18(17)13-4-2-1-3-5-13/h6-13,19-20H,1-5H2. The Morgan fingerprint density at radius 3 is 2.10 bits per heavy atom. The second-order valence-electron chi connectivity index (χ2n) is 5.65. The van der Waals surface area contributed by atoms with E-state index < -0.39 is 0 Å². The Kier molecular flexibility index (Phi) is 3.64. The molecule has 3 rings (SSSR count). The van der Waals surface area contributed by atoms with E-state index in [-0.39, 0.29) is 5.75 Å². The molecule has 0 bridgehead atoms. The molecule has 0 aromatic heterocycles. The lowest BCUT2D eigenvalue weighted by molar-refractivity contribution is 0.439. The number of benzene rings is 2. The minimum atomic E-state index is 0.284. The molecule has 0 aliphatic heterocycles. The van der Waals surface area contributed by atoms with Crippen LogP contribution in [0, 0.1) is 0 Å². The lowest BCUT2D eigenvalue weighted by Crippen LogP contribution is -2.06. The van der Waals surface area contributed by atoms with Crippen LogP contribution in [0.25, 0.3) is 11.1 Å². The fraction of sp³-hybridized carbons (Fsp3) is 0.333. The molecule has 2 N–H and O–H groups in total. The van der Waals surface area contributed by atoms with Crippen LogP contribution < -0.4 is 0 Å². The Labute approximate surface area is 119 Å². The largest absolute Gasteiger partial charge is 0.508 e. The molecular formula is C18H20O2. The molecule has 0 spiro atoms. The Bertz CT molecular complexity index is 581. The highest BCUT2D eigenvalue weighted by atomic mass is 16.3. The van der Waals surface area contributed by atoms with E-state index in [4.69, 9.17) is 0 Å². The number of phenolic OH excluding ortho intramolecular Hbond substituents is 2. The van der Waals surface area contributed by atoms with Crippen LogP contribution in [0.15, 0.2) is 42.5 Å². The van der Waals surface area contributed by atoms with Gasteiger partial charge in [-0.1, -0.05) is 37.5 Å². The Hall–Kier alpha value is -1.96. The minimum absolute atomic E-state index is 0.284. The van der Waals surface area contributed by atoms with Crippen molar-refractivity contribution in [2.75, 3.05) is 0 Å². The van der Waals surface area contributed by atoms with Crippen molar-refractivity contribution in [1.29, 1.82) is 0 Å². The van der Waals surface area contributed by atoms with Crippen molar-refractivity contribution >= 4 is 0 Å². The maximum atomic E-state index is 9.82. The summed E-state index contributed by atoms with van der Waals surface area (Å²) in [6.07, 6.45) is 6.28. The van der Waals surface area contributed by atoms with Gasteiger partial charge in [-0.25, -0.2) is 0 Å². The first-order valence-electron chi connectivity index (χ1n) is 7.36. The van der Waals surface area contributed by atoms with Crippen molar-refractivity contribution < 1.29 is 10.2 Å². The second-order valence-corrected chi connectivity index (χ2v) is 5.65. The van der Waals surface area contributed by atoms with E-state index in [9.17, 15) is 10.2 Å². The van der Waals surface area contributed by atoms with Gasteiger partial charge in [-0.2, -0.15) is 0 Å². The summed E-state index contributed by atoms with van der Waals surface area (Å²) in [4.78, 5) is 0. The van der Waals surface area contributed by atoms with Gasteiger partial charge in [0.15, 0.2) is 0 Å². The third kappa shape index (κ3) is 2.64. The Morgan fingerprint density at radius 1 is 0.750 bits per heavy atom. The average Bonchev–Trinajstić information content (AvgIpc) is 2.49. The maximum absolute atomic E-state index is 9.82. The lowest BCUT2D eigenvalue weighted by atomic mass is 9.81. The monoisotopic (exact) mass is 268 g/mol. The highest BCUT2D eigenvalue weighted by Crippen LogP contribution is 2.39. The summed E-state index contributed by atoms with van der Waals surface area (Å²) >= 11 is 0. The molecule has 0 radical (unpaired) electrons. The van der Waals surface area contributed by atoms with E-state index in [0.717, 1.165) is 5.56 Å². The van der Waals surface area contributed by atoms with Gasteiger partial charge in [0, 0.05) is 0 Å². The summed E-state index contributed by atoms with van der Waals surface area (Å²) in [5.74, 6) is 1.17. The van der Waals surface area contributed by atoms with Crippen LogP contribution in [-0.4, -0.2) is 10.2 Å². The van der Waals surface area contributed by atoms with Gasteiger partial charge in [0.1, 0.15) is 11.5 Å². The molecule has 0 unspecified atom stereocenters. The zero-order valence-corrected chi connectivity index (χ0v) is 11.5. The number of hydrogen-bond acceptors (Lipinski definition) is 2. The maximum Gasteiger partial charge on any atom is 0.115 e. The van der Waals surface area contributed by atoms with Gasteiger partial charge in [0.05, 0.1) is 0 Å². The van der Waals surface area contributed by atoms with Crippen molar-refractivity contribution in [1.82, 2.24) is 0 Å². The number of hydrogen-bond donors (Lipinski definition) is 2. The zero-order valence-electron chi connectivity index (χ0n) is 11.5. The molecule has 1 fully saturated rings. The highest BCUT2D eigenvalue weighted by molar-refractivity contribution is 5.69. The summed E-state index contributed by atoms with van der Waals surface area (Å²) in [5.41, 5.74) is 3.52. The van der Waals surface area contributed by atoms with Crippen LogP contribution in [0.4, 0.5) is 0 Å². The first kappa shape index (κ1) is 13.0. The molecule has 0 atom stereocenters. The fourth-order valence-corrected chi connectivity index (χ4v) is 3.21. The van der Waals surface area contributed by atoms with Crippen LogP contribution >= 0.6 is 0 Å². The minimum Gasteiger partial charge on any atom is -0.508 e. The number of phenols is 2. The molecule has 0 heterocycles. The van der Waals surface area contributed by atoms with E-state index in [1.54, 1.807) is 18.2 Å². The van der Waals surface area contributed by atoms with Gasteiger partial charge in [0.25, 0.3) is 0 Å². The third-order valence-corrected chi connectivity index (χ3v) is 4.26. The first-order valence-corrected chi connectivity index (χ1v) is 7.36. The molecule has 2 nitrogen and oxygen atoms in total. The Balaban J connectivity index is 2.03. The van der Waals surface area contributed by atoms with Gasteiger partial charge in [-0.05, 0) is 59.7 Å². The SMILES string of the molecule is Oc1ccc(-c2ccc(O)cc2C2CCCCC2)cc1. The predicted octanol–water partition coefficient (Wildman–Crippen LogP) is 4.81. The topological polar surface area (TPSA) is 40.5 Å². The van der Waals surface area contributed by atoms with E-state index in [1.807, 2.05) is 24.3 Å². The lowest BCUT2D eigenvalue weighted by Gasteiger charge is -2.24. The molecular weight excluding hydrogens is 248 g/mol. The van der Waals surface area contributed by atoms with Crippen molar-refractivity contribution in [2.45, 2.75) is 38.0 Å². The highest BCUT2D eigenvalue weighted by Gasteiger charge is 2.19. The van der Waals surface area contributed by atoms with Crippen molar-refractivity contribution in [3.8, 4) is 22.6 Å². The molecule has 2 aromatic rings. The molecule has 2 aromatic carbocycles. The molecule has 0 amide bonds. The van der Waals surface area contributed by atoms with Crippen LogP contribution in [0.3, 0.4) is 0 Å². The number of rotatable bonds is 2. The van der Waals surface area contributed by atoms with Gasteiger partial charge in [-0.3, -0.25) is 0 Å². The molecule has 1 aliphatic carbocycles. The van der Waals surface area contributed by atoms with Crippen LogP contribution in [0.2, 0.25) is 0 Å². The van der Waals surface area contributed by atoms with E-state index in [2.05, 4.69) is 0 Å². The summed E-state index contributed by atoms with van der Waals surface area (Å²) < 4.78 is 0. The van der Waals surface area contributed by atoms with Crippen LogP contribution in [-0.2, 0) is 0 Å². The Morgan fingerprint density at radius 2 is 1.40 bits per heavy atom. The number of aromatic hydroxyl groups is 2. The summed E-state index contributed by atoms with van der Waals surface area (Å²) in [7, 11) is 0. The predicted molar refractivity (Wildman–Crippen MR) is 81.0 cm³/mol. The first-order chi connectivity index (χ1) is 9.74. The smallest absolute Gasteiger partial charge is 0.115 e. The normalized spacial score (nSPS) is 16.2. The molecule has 20 heavy (non-hydrogen) atoms. The average molecular weight is 268 g/mol. The molecule has 2 heteroatoms. The molecule has 1 aliphatic rings. The van der Waals surface area contributed by atoms with Gasteiger partial charge in [0.2, 0.25) is 0 Å². The van der Waals surface area contributed by atoms with Crippen molar-refractivity contribution in [2.24, 2.45) is 0 Å². The van der Waals surface area contributed by atoms with Crippen molar-refractivity contribution in [3.05, 3.63) is 48.0 Å².